The van der Waals surface area contributed by atoms with Gasteiger partial charge in [0.25, 0.3) is 5.91 Å². The number of phenols is 2. The highest BCUT2D eigenvalue weighted by Gasteiger charge is 2.43. The van der Waals surface area contributed by atoms with Crippen molar-refractivity contribution in [1.29, 1.82) is 0 Å². The molecular weight excluding hydrogens is 373 g/mol. The second-order valence-corrected chi connectivity index (χ2v) is 5.45. The van der Waals surface area contributed by atoms with E-state index in [1.165, 1.54) is 0 Å². The maximum absolute atomic E-state index is 13.2. The van der Waals surface area contributed by atoms with Gasteiger partial charge in [-0.25, -0.2) is 0 Å². The molecule has 0 fully saturated rings. The number of hydrogen-bond donors (Lipinski definition) is 3. The van der Waals surface area contributed by atoms with E-state index in [2.05, 4.69) is 0 Å². The van der Waals surface area contributed by atoms with Gasteiger partial charge in [-0.05, 0) is 18.9 Å². The van der Waals surface area contributed by atoms with Crippen LogP contribution in [0.25, 0.3) is 0 Å². The summed E-state index contributed by atoms with van der Waals surface area (Å²) in [7, 11) is 0. The molecule has 0 unspecified atom stereocenters. The molecular formula is C16H17F3N2O6. The summed E-state index contributed by atoms with van der Waals surface area (Å²) in [5, 5.41) is 31.6. The van der Waals surface area contributed by atoms with Crippen molar-refractivity contribution in [3.63, 3.8) is 0 Å². The van der Waals surface area contributed by atoms with Gasteiger partial charge in [-0.2, -0.15) is 13.2 Å². The van der Waals surface area contributed by atoms with Gasteiger partial charge in [-0.15, -0.1) is 0 Å². The van der Waals surface area contributed by atoms with E-state index in [1.54, 1.807) is 25.2 Å². The van der Waals surface area contributed by atoms with Gasteiger partial charge in [0, 0.05) is 6.42 Å². The maximum Gasteiger partial charge on any atom is 0.417 e. The van der Waals surface area contributed by atoms with Crippen LogP contribution < -0.4 is 5.32 Å². The Morgan fingerprint density at radius 2 is 1.89 bits per heavy atom. The molecule has 27 heavy (non-hydrogen) atoms. The van der Waals surface area contributed by atoms with Crippen molar-refractivity contribution in [2.24, 2.45) is 0 Å². The van der Waals surface area contributed by atoms with Gasteiger partial charge >= 0.3 is 11.9 Å². The molecule has 0 atom stereocenters. The van der Waals surface area contributed by atoms with Crippen molar-refractivity contribution in [2.75, 3.05) is 0 Å². The number of aromatic hydroxyl groups is 2. The number of alkyl halides is 3. The summed E-state index contributed by atoms with van der Waals surface area (Å²) < 4.78 is 39.5. The third-order valence-electron chi connectivity index (χ3n) is 3.56. The first-order valence-corrected chi connectivity index (χ1v) is 7.76. The Kier molecular flexibility index (Phi) is 6.92. The summed E-state index contributed by atoms with van der Waals surface area (Å²) in [5.41, 5.74) is -4.43. The number of amides is 2. The second kappa shape index (κ2) is 8.52. The molecule has 1 aromatic carbocycles. The zero-order valence-electron chi connectivity index (χ0n) is 14.4. The fourth-order valence-corrected chi connectivity index (χ4v) is 2.35. The molecule has 0 aliphatic carbocycles. The van der Waals surface area contributed by atoms with E-state index in [9.17, 15) is 43.1 Å². The predicted molar refractivity (Wildman–Crippen MR) is 87.2 cm³/mol. The van der Waals surface area contributed by atoms with Crippen LogP contribution in [0.1, 0.15) is 49.0 Å². The van der Waals surface area contributed by atoms with Crippen LogP contribution in [-0.2, 0) is 11.0 Å². The zero-order chi connectivity index (χ0) is 20.9. The quantitative estimate of drug-likeness (QED) is 0.295. The molecule has 0 heterocycles. The molecule has 0 spiro atoms. The number of allylic oxidation sites excluding steroid dienone is 1. The smallest absolute Gasteiger partial charge is 0.417 e. The van der Waals surface area contributed by atoms with Crippen molar-refractivity contribution >= 4 is 17.5 Å². The third kappa shape index (κ3) is 5.19. The number of hydrogen-bond acceptors (Lipinski definition) is 6. The highest BCUT2D eigenvalue weighted by molar-refractivity contribution is 6.09. The lowest BCUT2D eigenvalue weighted by molar-refractivity contribution is -0.386. The summed E-state index contributed by atoms with van der Waals surface area (Å²) >= 11 is 0. The molecule has 2 amide bonds. The van der Waals surface area contributed by atoms with E-state index in [1.807, 2.05) is 0 Å². The third-order valence-corrected chi connectivity index (χ3v) is 3.56. The van der Waals surface area contributed by atoms with E-state index in [-0.39, 0.29) is 12.5 Å². The van der Waals surface area contributed by atoms with Crippen molar-refractivity contribution in [2.45, 2.75) is 39.3 Å². The number of halogens is 3. The first-order valence-electron chi connectivity index (χ1n) is 7.76. The topological polar surface area (TPSA) is 130 Å². The molecule has 0 saturated heterocycles. The van der Waals surface area contributed by atoms with Gasteiger partial charge < -0.3 is 10.2 Å². The highest BCUT2D eigenvalue weighted by Crippen LogP contribution is 2.45. The average molecular weight is 390 g/mol. The van der Waals surface area contributed by atoms with Crippen LogP contribution in [-0.4, -0.2) is 27.0 Å². The Morgan fingerprint density at radius 3 is 2.33 bits per heavy atom. The number of carbonyl (C=O) groups is 2. The van der Waals surface area contributed by atoms with Crippen LogP contribution in [0, 0.1) is 10.1 Å². The molecule has 0 saturated carbocycles. The monoisotopic (exact) mass is 390 g/mol. The fourth-order valence-electron chi connectivity index (χ4n) is 2.35. The van der Waals surface area contributed by atoms with E-state index in [4.69, 9.17) is 0 Å². The molecule has 0 aliphatic rings. The molecule has 3 N–H and O–H groups in total. The zero-order valence-corrected chi connectivity index (χ0v) is 14.4. The molecule has 148 valence electrons. The van der Waals surface area contributed by atoms with Crippen molar-refractivity contribution in [1.82, 2.24) is 5.32 Å². The molecule has 1 rings (SSSR count). The summed E-state index contributed by atoms with van der Waals surface area (Å²) in [5.74, 6) is -5.60. The van der Waals surface area contributed by atoms with Crippen molar-refractivity contribution < 1.29 is 37.9 Å². The normalized spacial score (nSPS) is 12.0. The van der Waals surface area contributed by atoms with Crippen LogP contribution in [0.2, 0.25) is 0 Å². The van der Waals surface area contributed by atoms with Crippen LogP contribution >= 0.6 is 0 Å². The van der Waals surface area contributed by atoms with Crippen LogP contribution in [0.5, 0.6) is 11.5 Å². The number of nitro benzene ring substituents is 1. The summed E-state index contributed by atoms with van der Waals surface area (Å²) in [6.45, 7) is 3.54. The van der Waals surface area contributed by atoms with Gasteiger partial charge in [0.2, 0.25) is 11.7 Å². The Morgan fingerprint density at radius 1 is 1.30 bits per heavy atom. The van der Waals surface area contributed by atoms with Crippen LogP contribution in [0.15, 0.2) is 17.7 Å². The molecule has 0 bridgehead atoms. The standard InChI is InChI=1S/C16H17F3N2O6/c1-3-5-8(4-2)6-11(23)20-15(25)12-9(16(17,18)19)7-10(22)14(24)13(12)21(26)27/h5,7,22,24H,3-4,6H2,1-2H3,(H,20,23,25)/b8-5+. The fraction of sp³-hybridized carbons (Fsp3) is 0.375. The molecule has 11 heteroatoms. The Labute approximate surface area is 151 Å². The first kappa shape index (κ1) is 21.9. The van der Waals surface area contributed by atoms with E-state index < -0.39 is 51.2 Å². The van der Waals surface area contributed by atoms with Gasteiger partial charge in [-0.1, -0.05) is 25.5 Å². The number of nitrogens with zero attached hydrogens (tertiary/aromatic N) is 1. The molecule has 1 aromatic rings. The van der Waals surface area contributed by atoms with E-state index in [0.717, 1.165) is 0 Å². The highest BCUT2D eigenvalue weighted by atomic mass is 19.4. The van der Waals surface area contributed by atoms with Crippen LogP contribution in [0.4, 0.5) is 18.9 Å². The van der Waals surface area contributed by atoms with Gasteiger partial charge in [0.05, 0.1) is 10.5 Å². The predicted octanol–water partition coefficient (Wildman–Crippen LogP) is 3.42. The molecule has 0 aromatic heterocycles. The van der Waals surface area contributed by atoms with Gasteiger partial charge in [-0.3, -0.25) is 25.0 Å². The summed E-state index contributed by atoms with van der Waals surface area (Å²) in [6, 6.07) is -0.0177. The Hall–Kier alpha value is -3.11. The maximum atomic E-state index is 13.2. The first-order chi connectivity index (χ1) is 12.4. The van der Waals surface area contributed by atoms with Gasteiger partial charge in [0.15, 0.2) is 5.75 Å². The Balaban J connectivity index is 3.41. The van der Waals surface area contributed by atoms with E-state index >= 15 is 0 Å². The summed E-state index contributed by atoms with van der Waals surface area (Å²) in [6.07, 6.45) is -2.78. The second-order valence-electron chi connectivity index (χ2n) is 5.45. The lowest BCUT2D eigenvalue weighted by atomic mass is 10.0. The number of benzene rings is 1. The number of rotatable bonds is 6. The Bertz CT molecular complexity index is 802. The van der Waals surface area contributed by atoms with Crippen molar-refractivity contribution in [3.8, 4) is 11.5 Å². The molecule has 0 radical (unpaired) electrons. The number of nitrogens with one attached hydrogen (secondary N) is 1. The molecule has 8 nitrogen and oxygen atoms in total. The van der Waals surface area contributed by atoms with Crippen molar-refractivity contribution in [3.05, 3.63) is 39.0 Å². The minimum Gasteiger partial charge on any atom is -0.504 e. The van der Waals surface area contributed by atoms with E-state index in [0.29, 0.717) is 18.4 Å². The molecule has 0 aliphatic heterocycles. The average Bonchev–Trinajstić information content (AvgIpc) is 2.54. The SMILES string of the molecule is CC/C=C(\CC)CC(=O)NC(=O)c1c(C(F)(F)F)cc(O)c(O)c1[N+](=O)[O-]. The minimum atomic E-state index is -5.26. The minimum absolute atomic E-state index is 0.0177. The lowest BCUT2D eigenvalue weighted by Crippen LogP contribution is -2.32. The largest absolute Gasteiger partial charge is 0.504 e. The number of imide groups is 1. The number of nitro groups is 1. The summed E-state index contributed by atoms with van der Waals surface area (Å²) in [4.78, 5) is 33.7. The lowest BCUT2D eigenvalue weighted by Gasteiger charge is -2.14. The number of phenolic OH excluding ortho intramolecular Hbond substituents is 2. The van der Waals surface area contributed by atoms with Crippen LogP contribution in [0.3, 0.4) is 0 Å². The van der Waals surface area contributed by atoms with Gasteiger partial charge in [0.1, 0.15) is 5.56 Å². The number of carbonyl (C=O) groups excluding carboxylic acids is 2.